The average molecular weight is 367 g/mol. The van der Waals surface area contributed by atoms with Gasteiger partial charge in [-0.15, -0.1) is 0 Å². The molecule has 2 unspecified atom stereocenters. The first-order valence-electron chi connectivity index (χ1n) is 10.7. The smallest absolute Gasteiger partial charge is 0.243 e. The quantitative estimate of drug-likeness (QED) is 0.888. The number of hydrazone groups is 1. The van der Waals surface area contributed by atoms with Crippen molar-refractivity contribution in [2.24, 2.45) is 16.9 Å². The lowest BCUT2D eigenvalue weighted by Gasteiger charge is -2.41. The van der Waals surface area contributed by atoms with Crippen molar-refractivity contribution in [1.29, 1.82) is 0 Å². The van der Waals surface area contributed by atoms with E-state index in [0.29, 0.717) is 6.10 Å². The molecule has 1 aromatic carbocycles. The molecule has 2 saturated carbocycles. The number of nitrogens with one attached hydrogen (secondary N) is 1. The van der Waals surface area contributed by atoms with Crippen molar-refractivity contribution in [2.45, 2.75) is 63.5 Å². The van der Waals surface area contributed by atoms with Crippen LogP contribution in [0.2, 0.25) is 0 Å². The molecule has 5 rings (SSSR count). The van der Waals surface area contributed by atoms with Gasteiger partial charge in [-0.3, -0.25) is 4.79 Å². The van der Waals surface area contributed by atoms with Gasteiger partial charge in [0.15, 0.2) is 0 Å². The SMILES string of the molecule is O=C1NN=C(c2ccc(OC3CCN(C4CCC4)CC3)cc2)C2CCCC12. The second-order valence-corrected chi connectivity index (χ2v) is 8.58. The van der Waals surface area contributed by atoms with Gasteiger partial charge in [0.1, 0.15) is 11.9 Å². The minimum Gasteiger partial charge on any atom is -0.490 e. The largest absolute Gasteiger partial charge is 0.490 e. The fourth-order valence-electron chi connectivity index (χ4n) is 5.17. The van der Waals surface area contributed by atoms with E-state index in [1.165, 1.54) is 32.4 Å². The maximum Gasteiger partial charge on any atom is 0.243 e. The van der Waals surface area contributed by atoms with Gasteiger partial charge in [-0.25, -0.2) is 5.43 Å². The topological polar surface area (TPSA) is 53.9 Å². The predicted octanol–water partition coefficient (Wildman–Crippen LogP) is 3.33. The Kier molecular flexibility index (Phi) is 4.64. The van der Waals surface area contributed by atoms with Gasteiger partial charge in [-0.2, -0.15) is 5.10 Å². The van der Waals surface area contributed by atoms with Crippen LogP contribution in [-0.4, -0.2) is 41.8 Å². The predicted molar refractivity (Wildman–Crippen MR) is 105 cm³/mol. The molecule has 1 saturated heterocycles. The molecule has 5 nitrogen and oxygen atoms in total. The molecule has 1 aromatic rings. The normalized spacial score (nSPS) is 29.6. The maximum absolute atomic E-state index is 12.0. The lowest BCUT2D eigenvalue weighted by molar-refractivity contribution is -0.125. The van der Waals surface area contributed by atoms with Crippen LogP contribution >= 0.6 is 0 Å². The molecule has 144 valence electrons. The Morgan fingerprint density at radius 2 is 1.63 bits per heavy atom. The van der Waals surface area contributed by atoms with E-state index in [-0.39, 0.29) is 17.7 Å². The minimum absolute atomic E-state index is 0.0921. The van der Waals surface area contributed by atoms with Crippen molar-refractivity contribution in [1.82, 2.24) is 10.3 Å². The molecule has 0 aromatic heterocycles. The van der Waals surface area contributed by atoms with E-state index in [1.54, 1.807) is 0 Å². The van der Waals surface area contributed by atoms with Gasteiger partial charge in [0.2, 0.25) is 5.91 Å². The fourth-order valence-corrected chi connectivity index (χ4v) is 5.17. The number of rotatable bonds is 4. The Hall–Kier alpha value is -1.88. The lowest BCUT2D eigenvalue weighted by atomic mass is 9.86. The first-order chi connectivity index (χ1) is 13.3. The number of likely N-dealkylation sites (tertiary alicyclic amines) is 1. The zero-order valence-electron chi connectivity index (χ0n) is 15.9. The van der Waals surface area contributed by atoms with Gasteiger partial charge in [-0.05, 0) is 68.4 Å². The van der Waals surface area contributed by atoms with Crippen LogP contribution in [0.1, 0.15) is 56.9 Å². The number of fused-ring (bicyclic) bond motifs is 1. The summed E-state index contributed by atoms with van der Waals surface area (Å²) >= 11 is 0. The summed E-state index contributed by atoms with van der Waals surface area (Å²) in [6, 6.07) is 9.18. The summed E-state index contributed by atoms with van der Waals surface area (Å²) in [6.07, 6.45) is 9.93. The molecule has 1 amide bonds. The Morgan fingerprint density at radius 1 is 0.926 bits per heavy atom. The van der Waals surface area contributed by atoms with Crippen molar-refractivity contribution >= 4 is 11.6 Å². The summed E-state index contributed by atoms with van der Waals surface area (Å²) in [5.74, 6) is 1.43. The van der Waals surface area contributed by atoms with Crippen molar-refractivity contribution in [3.63, 3.8) is 0 Å². The number of hydrogen-bond acceptors (Lipinski definition) is 4. The molecule has 5 heteroatoms. The average Bonchev–Trinajstić information content (AvgIpc) is 3.14. The molecular formula is C22H29N3O2. The van der Waals surface area contributed by atoms with Crippen LogP contribution in [0.5, 0.6) is 5.75 Å². The second-order valence-electron chi connectivity index (χ2n) is 8.58. The standard InChI is InChI=1S/C22H29N3O2/c26-22-20-6-2-5-19(20)21(23-24-22)15-7-9-17(10-8-15)27-18-11-13-25(14-12-18)16-3-1-4-16/h7-10,16,18-20H,1-6,11-14H2,(H,24,26). The Bertz CT molecular complexity index is 718. The number of piperidine rings is 1. The first-order valence-corrected chi connectivity index (χ1v) is 10.7. The number of nitrogens with zero attached hydrogens (tertiary/aromatic N) is 2. The molecule has 2 aliphatic carbocycles. The molecule has 4 aliphatic rings. The number of carbonyl (C=O) groups is 1. The van der Waals surface area contributed by atoms with E-state index in [0.717, 1.165) is 55.2 Å². The highest BCUT2D eigenvalue weighted by atomic mass is 16.5. The van der Waals surface area contributed by atoms with Crippen LogP contribution in [0.3, 0.4) is 0 Å². The summed E-state index contributed by atoms with van der Waals surface area (Å²) in [5, 5.41) is 4.38. The third-order valence-corrected chi connectivity index (χ3v) is 7.01. The van der Waals surface area contributed by atoms with Crippen LogP contribution in [0, 0.1) is 11.8 Å². The zero-order chi connectivity index (χ0) is 18.2. The zero-order valence-corrected chi connectivity index (χ0v) is 15.9. The Morgan fingerprint density at radius 3 is 2.33 bits per heavy atom. The van der Waals surface area contributed by atoms with Crippen LogP contribution in [-0.2, 0) is 4.79 Å². The van der Waals surface area contributed by atoms with Gasteiger partial charge >= 0.3 is 0 Å². The first kappa shape index (κ1) is 17.2. The van der Waals surface area contributed by atoms with Crippen LogP contribution in [0.25, 0.3) is 0 Å². The summed E-state index contributed by atoms with van der Waals surface area (Å²) in [6.45, 7) is 2.35. The summed E-state index contributed by atoms with van der Waals surface area (Å²) in [7, 11) is 0. The van der Waals surface area contributed by atoms with Gasteiger partial charge in [0.25, 0.3) is 0 Å². The van der Waals surface area contributed by atoms with Crippen molar-refractivity contribution in [3.8, 4) is 5.75 Å². The van der Waals surface area contributed by atoms with Crippen molar-refractivity contribution in [2.75, 3.05) is 13.1 Å². The van der Waals surface area contributed by atoms with E-state index in [1.807, 2.05) is 0 Å². The highest BCUT2D eigenvalue weighted by molar-refractivity contribution is 6.06. The number of amides is 1. The van der Waals surface area contributed by atoms with Gasteiger partial charge in [0.05, 0.1) is 5.71 Å². The molecule has 0 radical (unpaired) electrons. The maximum atomic E-state index is 12.0. The van der Waals surface area contributed by atoms with Crippen LogP contribution < -0.4 is 10.2 Å². The Balaban J connectivity index is 1.20. The summed E-state index contributed by atoms with van der Waals surface area (Å²) < 4.78 is 6.24. The lowest BCUT2D eigenvalue weighted by Crippen LogP contribution is -2.46. The monoisotopic (exact) mass is 367 g/mol. The van der Waals surface area contributed by atoms with Gasteiger partial charge in [0, 0.05) is 31.0 Å². The minimum atomic E-state index is 0.0921. The number of ether oxygens (including phenoxy) is 1. The van der Waals surface area contributed by atoms with E-state index >= 15 is 0 Å². The van der Waals surface area contributed by atoms with Crippen molar-refractivity contribution < 1.29 is 9.53 Å². The van der Waals surface area contributed by atoms with Crippen LogP contribution in [0.4, 0.5) is 0 Å². The van der Waals surface area contributed by atoms with Crippen LogP contribution in [0.15, 0.2) is 29.4 Å². The molecule has 3 fully saturated rings. The van der Waals surface area contributed by atoms with Gasteiger partial charge < -0.3 is 9.64 Å². The molecule has 0 bridgehead atoms. The Labute approximate surface area is 161 Å². The van der Waals surface area contributed by atoms with Gasteiger partial charge in [-0.1, -0.05) is 12.8 Å². The number of hydrogen-bond donors (Lipinski definition) is 1. The number of benzene rings is 1. The van der Waals surface area contributed by atoms with E-state index in [2.05, 4.69) is 39.7 Å². The van der Waals surface area contributed by atoms with E-state index < -0.39 is 0 Å². The van der Waals surface area contributed by atoms with Crippen molar-refractivity contribution in [3.05, 3.63) is 29.8 Å². The third-order valence-electron chi connectivity index (χ3n) is 7.01. The summed E-state index contributed by atoms with van der Waals surface area (Å²) in [4.78, 5) is 14.6. The third kappa shape index (κ3) is 3.38. The molecule has 2 heterocycles. The molecular weight excluding hydrogens is 338 g/mol. The van der Waals surface area contributed by atoms with E-state index in [4.69, 9.17) is 4.74 Å². The molecule has 0 spiro atoms. The summed E-state index contributed by atoms with van der Waals surface area (Å²) in [5.41, 5.74) is 4.87. The molecule has 1 N–H and O–H groups in total. The second kappa shape index (κ2) is 7.27. The van der Waals surface area contributed by atoms with E-state index in [9.17, 15) is 4.79 Å². The molecule has 2 atom stereocenters. The highest BCUT2D eigenvalue weighted by Crippen LogP contribution is 2.37. The highest BCUT2D eigenvalue weighted by Gasteiger charge is 2.39. The fraction of sp³-hybridized carbons (Fsp3) is 0.636. The molecule has 2 aliphatic heterocycles. The number of carbonyl (C=O) groups excluding carboxylic acids is 1. The molecule has 27 heavy (non-hydrogen) atoms.